The van der Waals surface area contributed by atoms with Crippen molar-refractivity contribution in [2.75, 3.05) is 0 Å². The molecule has 0 aliphatic rings. The number of aromatic nitrogens is 3. The normalized spacial score (nSPS) is 10.9. The van der Waals surface area contributed by atoms with Crippen molar-refractivity contribution in [2.24, 2.45) is 5.73 Å². The SMILES string of the molecule is NCc1cc2ccccc2nc1-n1cccn1. The highest BCUT2D eigenvalue weighted by Gasteiger charge is 2.07. The van der Waals surface area contributed by atoms with Gasteiger partial charge in [0, 0.05) is 29.9 Å². The molecule has 2 heterocycles. The fraction of sp³-hybridized carbons (Fsp3) is 0.0769. The van der Waals surface area contributed by atoms with Crippen molar-refractivity contribution in [2.45, 2.75) is 6.54 Å². The Balaban J connectivity index is 2.29. The summed E-state index contributed by atoms with van der Waals surface area (Å²) < 4.78 is 1.74. The minimum absolute atomic E-state index is 0.451. The predicted octanol–water partition coefficient (Wildman–Crippen LogP) is 1.88. The Morgan fingerprint density at radius 1 is 1.18 bits per heavy atom. The van der Waals surface area contributed by atoms with Gasteiger partial charge in [-0.15, -0.1) is 0 Å². The van der Waals surface area contributed by atoms with Crippen LogP contribution in [0.25, 0.3) is 16.7 Å². The summed E-state index contributed by atoms with van der Waals surface area (Å²) in [6.45, 7) is 0.451. The lowest BCUT2D eigenvalue weighted by atomic mass is 10.1. The summed E-state index contributed by atoms with van der Waals surface area (Å²) in [5.74, 6) is 0.802. The molecule has 2 aromatic heterocycles. The molecule has 0 unspecified atom stereocenters. The quantitative estimate of drug-likeness (QED) is 0.723. The molecule has 4 heteroatoms. The van der Waals surface area contributed by atoms with Crippen LogP contribution in [0, 0.1) is 0 Å². The molecule has 3 rings (SSSR count). The number of nitrogens with zero attached hydrogens (tertiary/aromatic N) is 3. The van der Waals surface area contributed by atoms with Gasteiger partial charge in [-0.2, -0.15) is 5.10 Å². The van der Waals surface area contributed by atoms with Gasteiger partial charge in [-0.25, -0.2) is 9.67 Å². The van der Waals surface area contributed by atoms with E-state index in [1.165, 1.54) is 0 Å². The number of para-hydroxylation sites is 1. The minimum atomic E-state index is 0.451. The van der Waals surface area contributed by atoms with E-state index in [-0.39, 0.29) is 0 Å². The fourth-order valence-corrected chi connectivity index (χ4v) is 1.89. The van der Waals surface area contributed by atoms with Gasteiger partial charge in [0.15, 0.2) is 5.82 Å². The van der Waals surface area contributed by atoms with Crippen LogP contribution in [0.15, 0.2) is 48.8 Å². The predicted molar refractivity (Wildman–Crippen MR) is 66.8 cm³/mol. The number of hydrogen-bond acceptors (Lipinski definition) is 3. The lowest BCUT2D eigenvalue weighted by Crippen LogP contribution is -2.07. The van der Waals surface area contributed by atoms with E-state index in [1.54, 1.807) is 10.9 Å². The molecule has 0 amide bonds. The van der Waals surface area contributed by atoms with Crippen LogP contribution < -0.4 is 5.73 Å². The van der Waals surface area contributed by atoms with E-state index < -0.39 is 0 Å². The van der Waals surface area contributed by atoms with Crippen molar-refractivity contribution in [3.05, 3.63) is 54.4 Å². The van der Waals surface area contributed by atoms with Gasteiger partial charge in [0.1, 0.15) is 0 Å². The first-order valence-electron chi connectivity index (χ1n) is 5.47. The summed E-state index contributed by atoms with van der Waals surface area (Å²) in [6, 6.07) is 11.9. The first kappa shape index (κ1) is 9.99. The zero-order chi connectivity index (χ0) is 11.7. The van der Waals surface area contributed by atoms with E-state index in [0.29, 0.717) is 6.54 Å². The molecule has 0 aliphatic heterocycles. The third-order valence-electron chi connectivity index (χ3n) is 2.72. The number of hydrogen-bond donors (Lipinski definition) is 1. The van der Waals surface area contributed by atoms with Gasteiger partial charge >= 0.3 is 0 Å². The fourth-order valence-electron chi connectivity index (χ4n) is 1.89. The summed E-state index contributed by atoms with van der Waals surface area (Å²) >= 11 is 0. The Morgan fingerprint density at radius 2 is 2.06 bits per heavy atom. The zero-order valence-corrected chi connectivity index (χ0v) is 9.24. The van der Waals surface area contributed by atoms with Gasteiger partial charge in [-0.3, -0.25) is 0 Å². The van der Waals surface area contributed by atoms with E-state index in [4.69, 9.17) is 5.73 Å². The van der Waals surface area contributed by atoms with Crippen molar-refractivity contribution in [3.8, 4) is 5.82 Å². The summed E-state index contributed by atoms with van der Waals surface area (Å²) in [4.78, 5) is 4.61. The smallest absolute Gasteiger partial charge is 0.158 e. The van der Waals surface area contributed by atoms with Gasteiger partial charge < -0.3 is 5.73 Å². The number of nitrogens with two attached hydrogens (primary N) is 1. The number of pyridine rings is 1. The van der Waals surface area contributed by atoms with Crippen LogP contribution in [0.5, 0.6) is 0 Å². The molecule has 3 aromatic rings. The maximum atomic E-state index is 5.77. The van der Waals surface area contributed by atoms with E-state index in [2.05, 4.69) is 16.1 Å². The van der Waals surface area contributed by atoms with Gasteiger partial charge in [0.25, 0.3) is 0 Å². The van der Waals surface area contributed by atoms with Crippen molar-refractivity contribution in [3.63, 3.8) is 0 Å². The molecule has 0 fully saturated rings. The van der Waals surface area contributed by atoms with Gasteiger partial charge in [0.05, 0.1) is 5.52 Å². The van der Waals surface area contributed by atoms with Gasteiger partial charge in [0.2, 0.25) is 0 Å². The lowest BCUT2D eigenvalue weighted by Gasteiger charge is -2.08. The Labute approximate surface area is 98.7 Å². The van der Waals surface area contributed by atoms with Crippen molar-refractivity contribution < 1.29 is 0 Å². The van der Waals surface area contributed by atoms with Gasteiger partial charge in [-0.1, -0.05) is 18.2 Å². The number of benzene rings is 1. The summed E-state index contributed by atoms with van der Waals surface area (Å²) in [5.41, 5.74) is 7.71. The molecule has 0 spiro atoms. The van der Waals surface area contributed by atoms with Crippen LogP contribution in [0.3, 0.4) is 0 Å². The Hall–Kier alpha value is -2.20. The van der Waals surface area contributed by atoms with E-state index >= 15 is 0 Å². The summed E-state index contributed by atoms with van der Waals surface area (Å²) in [6.07, 6.45) is 3.60. The summed E-state index contributed by atoms with van der Waals surface area (Å²) in [7, 11) is 0. The Bertz CT molecular complexity index is 644. The number of rotatable bonds is 2. The molecule has 17 heavy (non-hydrogen) atoms. The van der Waals surface area contributed by atoms with Crippen molar-refractivity contribution >= 4 is 10.9 Å². The van der Waals surface area contributed by atoms with Crippen LogP contribution in [0.4, 0.5) is 0 Å². The molecule has 84 valence electrons. The topological polar surface area (TPSA) is 56.7 Å². The molecule has 0 saturated heterocycles. The second-order valence-electron chi connectivity index (χ2n) is 3.82. The largest absolute Gasteiger partial charge is 0.326 e. The van der Waals surface area contributed by atoms with Crippen molar-refractivity contribution in [1.82, 2.24) is 14.8 Å². The number of fused-ring (bicyclic) bond motifs is 1. The van der Waals surface area contributed by atoms with Crippen molar-refractivity contribution in [1.29, 1.82) is 0 Å². The van der Waals surface area contributed by atoms with E-state index in [9.17, 15) is 0 Å². The first-order chi connectivity index (χ1) is 8.38. The molecule has 0 radical (unpaired) electrons. The van der Waals surface area contributed by atoms with E-state index in [0.717, 1.165) is 22.3 Å². The average molecular weight is 224 g/mol. The highest BCUT2D eigenvalue weighted by molar-refractivity contribution is 5.80. The average Bonchev–Trinajstić information content (AvgIpc) is 2.91. The highest BCUT2D eigenvalue weighted by Crippen LogP contribution is 2.18. The molecule has 2 N–H and O–H groups in total. The third kappa shape index (κ3) is 1.68. The molecule has 4 nitrogen and oxygen atoms in total. The Morgan fingerprint density at radius 3 is 2.82 bits per heavy atom. The van der Waals surface area contributed by atoms with Crippen LogP contribution in [0.2, 0.25) is 0 Å². The molecule has 0 saturated carbocycles. The maximum Gasteiger partial charge on any atom is 0.158 e. The molecule has 0 aliphatic carbocycles. The molecule has 0 atom stereocenters. The second-order valence-corrected chi connectivity index (χ2v) is 3.82. The monoisotopic (exact) mass is 224 g/mol. The van der Waals surface area contributed by atoms with E-state index in [1.807, 2.05) is 36.5 Å². The first-order valence-corrected chi connectivity index (χ1v) is 5.47. The maximum absolute atomic E-state index is 5.77. The minimum Gasteiger partial charge on any atom is -0.326 e. The Kier molecular flexibility index (Phi) is 2.34. The molecule has 1 aromatic carbocycles. The lowest BCUT2D eigenvalue weighted by molar-refractivity contribution is 0.830. The molecule has 0 bridgehead atoms. The zero-order valence-electron chi connectivity index (χ0n) is 9.24. The highest BCUT2D eigenvalue weighted by atomic mass is 15.3. The standard InChI is InChI=1S/C13H12N4/c14-9-11-8-10-4-1-2-5-12(10)16-13(11)17-7-3-6-15-17/h1-8H,9,14H2. The molecular formula is C13H12N4. The second kappa shape index (κ2) is 3.99. The van der Waals surface area contributed by atoms with Crippen LogP contribution in [-0.2, 0) is 6.54 Å². The van der Waals surface area contributed by atoms with Crippen LogP contribution in [0.1, 0.15) is 5.56 Å². The van der Waals surface area contributed by atoms with Crippen LogP contribution in [-0.4, -0.2) is 14.8 Å². The molecular weight excluding hydrogens is 212 g/mol. The van der Waals surface area contributed by atoms with Gasteiger partial charge in [-0.05, 0) is 18.2 Å². The van der Waals surface area contributed by atoms with Crippen LogP contribution >= 0.6 is 0 Å². The summed E-state index contributed by atoms with van der Waals surface area (Å²) in [5, 5.41) is 5.30. The third-order valence-corrected chi connectivity index (χ3v) is 2.72.